The summed E-state index contributed by atoms with van der Waals surface area (Å²) >= 11 is 0. The molecule has 1 aromatic rings. The highest BCUT2D eigenvalue weighted by Gasteiger charge is 2.48. The van der Waals surface area contributed by atoms with Gasteiger partial charge in [0.15, 0.2) is 0 Å². The Morgan fingerprint density at radius 1 is 1.17 bits per heavy atom. The highest BCUT2D eigenvalue weighted by Crippen LogP contribution is 2.52. The smallest absolute Gasteiger partial charge is 0.248 e. The molecule has 5 rings (SSSR count). The first-order valence-corrected chi connectivity index (χ1v) is 9.87. The summed E-state index contributed by atoms with van der Waals surface area (Å²) in [5, 5.41) is 0. The third-order valence-corrected chi connectivity index (χ3v) is 7.17. The van der Waals surface area contributed by atoms with E-state index in [1.54, 1.807) is 0 Å². The zero-order valence-corrected chi connectivity index (χ0v) is 14.4. The van der Waals surface area contributed by atoms with E-state index < -0.39 is 0 Å². The number of amides is 1. The van der Waals surface area contributed by atoms with Crippen molar-refractivity contribution in [3.63, 3.8) is 0 Å². The lowest BCUT2D eigenvalue weighted by molar-refractivity contribution is 0.0240. The molecule has 24 heavy (non-hydrogen) atoms. The Morgan fingerprint density at radius 3 is 2.79 bits per heavy atom. The van der Waals surface area contributed by atoms with Crippen molar-refractivity contribution in [2.24, 2.45) is 23.5 Å². The lowest BCUT2D eigenvalue weighted by atomic mass is 9.63. The molecule has 1 saturated heterocycles. The molecule has 3 fully saturated rings. The molecule has 2 saturated carbocycles. The van der Waals surface area contributed by atoms with Crippen LogP contribution in [0.25, 0.3) is 0 Å². The quantitative estimate of drug-likeness (QED) is 0.927. The molecule has 4 unspecified atom stereocenters. The summed E-state index contributed by atoms with van der Waals surface area (Å²) < 4.78 is 0. The Hall–Kier alpha value is -1.35. The second-order valence-electron chi connectivity index (χ2n) is 8.68. The van der Waals surface area contributed by atoms with Crippen molar-refractivity contribution in [3.8, 4) is 0 Å². The number of likely N-dealkylation sites (tertiary alicyclic amines) is 1. The van der Waals surface area contributed by atoms with Crippen LogP contribution in [0, 0.1) is 17.8 Å². The molecular weight excluding hydrogens is 296 g/mol. The molecule has 4 bridgehead atoms. The van der Waals surface area contributed by atoms with Crippen LogP contribution in [0.1, 0.15) is 65.9 Å². The number of carbonyl (C=O) groups is 1. The fourth-order valence-electron chi connectivity index (χ4n) is 5.92. The summed E-state index contributed by atoms with van der Waals surface area (Å²) in [5.41, 5.74) is 9.21. The van der Waals surface area contributed by atoms with Crippen LogP contribution >= 0.6 is 0 Å². The Kier molecular flexibility index (Phi) is 3.48. The maximum absolute atomic E-state index is 11.7. The largest absolute Gasteiger partial charge is 0.366 e. The van der Waals surface area contributed by atoms with E-state index in [1.807, 2.05) is 6.07 Å². The maximum atomic E-state index is 11.7. The Labute approximate surface area is 144 Å². The van der Waals surface area contributed by atoms with Crippen LogP contribution in [0.15, 0.2) is 18.2 Å². The van der Waals surface area contributed by atoms with E-state index in [-0.39, 0.29) is 5.91 Å². The molecule has 4 aliphatic rings. The van der Waals surface area contributed by atoms with Crippen LogP contribution in [0.5, 0.6) is 0 Å². The first-order valence-electron chi connectivity index (χ1n) is 9.87. The molecular formula is C21H28N2O. The Balaban J connectivity index is 1.56. The standard InChI is InChI=1S/C21H28N2O/c22-21(24)15-8-7-14-10-19-17-4-2-1-3-16(20(17)18(14)9-15)12-23(19)11-13-5-6-13/h7-9,13,16-17,19-20H,1-6,10-12H2,(H2,22,24). The van der Waals surface area contributed by atoms with Gasteiger partial charge in [0, 0.05) is 24.7 Å². The number of benzene rings is 1. The zero-order valence-electron chi connectivity index (χ0n) is 14.4. The van der Waals surface area contributed by atoms with Gasteiger partial charge in [0.1, 0.15) is 0 Å². The molecule has 3 aliphatic carbocycles. The molecule has 1 heterocycles. The van der Waals surface area contributed by atoms with Gasteiger partial charge in [-0.1, -0.05) is 18.9 Å². The van der Waals surface area contributed by atoms with Gasteiger partial charge < -0.3 is 5.73 Å². The SMILES string of the molecule is NC(=O)c1ccc2c(c1)C1C3CCCCC1C(C2)N(CC1CC1)C3. The normalized spacial score (nSPS) is 35.2. The van der Waals surface area contributed by atoms with Gasteiger partial charge in [-0.2, -0.15) is 0 Å². The topological polar surface area (TPSA) is 46.3 Å². The van der Waals surface area contributed by atoms with Crippen molar-refractivity contribution in [2.75, 3.05) is 13.1 Å². The fraction of sp³-hybridized carbons (Fsp3) is 0.667. The Bertz CT molecular complexity index is 666. The molecule has 3 nitrogen and oxygen atoms in total. The minimum atomic E-state index is -0.283. The predicted molar refractivity (Wildman–Crippen MR) is 94.9 cm³/mol. The van der Waals surface area contributed by atoms with E-state index in [9.17, 15) is 4.79 Å². The summed E-state index contributed by atoms with van der Waals surface area (Å²) in [4.78, 5) is 14.5. The predicted octanol–water partition coefficient (Wildman–Crippen LogP) is 3.33. The second kappa shape index (κ2) is 5.59. The molecule has 1 amide bonds. The summed E-state index contributed by atoms with van der Waals surface area (Å²) in [7, 11) is 0. The molecule has 0 radical (unpaired) electrons. The molecule has 0 aromatic heterocycles. The molecule has 1 aromatic carbocycles. The summed E-state index contributed by atoms with van der Waals surface area (Å²) in [5.74, 6) is 2.92. The van der Waals surface area contributed by atoms with Crippen LogP contribution in [0.2, 0.25) is 0 Å². The molecule has 1 aliphatic heterocycles. The Morgan fingerprint density at radius 2 is 2.00 bits per heavy atom. The maximum Gasteiger partial charge on any atom is 0.248 e. The number of hydrogen-bond acceptors (Lipinski definition) is 2. The number of hydrogen-bond donors (Lipinski definition) is 1. The van der Waals surface area contributed by atoms with Crippen LogP contribution in [-0.4, -0.2) is 29.9 Å². The van der Waals surface area contributed by atoms with Crippen molar-refractivity contribution in [3.05, 3.63) is 34.9 Å². The van der Waals surface area contributed by atoms with E-state index in [4.69, 9.17) is 5.73 Å². The van der Waals surface area contributed by atoms with Crippen molar-refractivity contribution >= 4 is 5.91 Å². The highest BCUT2D eigenvalue weighted by atomic mass is 16.1. The average Bonchev–Trinajstić information content (AvgIpc) is 3.39. The molecule has 3 heteroatoms. The van der Waals surface area contributed by atoms with Crippen LogP contribution in [0.3, 0.4) is 0 Å². The van der Waals surface area contributed by atoms with Crippen LogP contribution < -0.4 is 5.73 Å². The van der Waals surface area contributed by atoms with Crippen LogP contribution in [-0.2, 0) is 6.42 Å². The second-order valence-corrected chi connectivity index (χ2v) is 8.68. The third kappa shape index (κ3) is 2.40. The minimum Gasteiger partial charge on any atom is -0.366 e. The summed E-state index contributed by atoms with van der Waals surface area (Å²) in [6, 6.07) is 7.01. The fourth-order valence-corrected chi connectivity index (χ4v) is 5.92. The highest BCUT2D eigenvalue weighted by molar-refractivity contribution is 5.93. The monoisotopic (exact) mass is 324 g/mol. The minimum absolute atomic E-state index is 0.283. The van der Waals surface area contributed by atoms with Crippen molar-refractivity contribution in [1.82, 2.24) is 4.90 Å². The summed E-state index contributed by atoms with van der Waals surface area (Å²) in [6.45, 7) is 2.61. The van der Waals surface area contributed by atoms with E-state index in [2.05, 4.69) is 17.0 Å². The van der Waals surface area contributed by atoms with E-state index in [1.165, 1.54) is 69.2 Å². The van der Waals surface area contributed by atoms with Crippen molar-refractivity contribution in [2.45, 2.75) is 56.9 Å². The van der Waals surface area contributed by atoms with Crippen molar-refractivity contribution in [1.29, 1.82) is 0 Å². The van der Waals surface area contributed by atoms with Crippen LogP contribution in [0.4, 0.5) is 0 Å². The van der Waals surface area contributed by atoms with Gasteiger partial charge >= 0.3 is 0 Å². The average molecular weight is 324 g/mol. The van der Waals surface area contributed by atoms with Gasteiger partial charge in [0.2, 0.25) is 5.91 Å². The van der Waals surface area contributed by atoms with Gasteiger partial charge in [0.05, 0.1) is 0 Å². The van der Waals surface area contributed by atoms with Gasteiger partial charge in [0.25, 0.3) is 0 Å². The lowest BCUT2D eigenvalue weighted by Crippen LogP contribution is -2.55. The van der Waals surface area contributed by atoms with Gasteiger partial charge in [-0.15, -0.1) is 0 Å². The van der Waals surface area contributed by atoms with Gasteiger partial charge in [-0.25, -0.2) is 0 Å². The molecule has 2 N–H and O–H groups in total. The number of carbonyl (C=O) groups excluding carboxylic acids is 1. The lowest BCUT2D eigenvalue weighted by Gasteiger charge is -2.53. The van der Waals surface area contributed by atoms with E-state index in [0.717, 1.165) is 23.8 Å². The number of nitrogens with zero attached hydrogens (tertiary/aromatic N) is 1. The first kappa shape index (κ1) is 14.9. The number of primary amides is 1. The number of rotatable bonds is 3. The number of nitrogens with two attached hydrogens (primary N) is 1. The summed E-state index contributed by atoms with van der Waals surface area (Å²) in [6.07, 6.45) is 9.56. The van der Waals surface area contributed by atoms with E-state index in [0.29, 0.717) is 11.5 Å². The zero-order chi connectivity index (χ0) is 16.3. The molecule has 0 spiro atoms. The number of piperidine rings is 1. The third-order valence-electron chi connectivity index (χ3n) is 7.17. The molecule has 128 valence electrons. The first-order chi connectivity index (χ1) is 11.7. The van der Waals surface area contributed by atoms with Crippen molar-refractivity contribution < 1.29 is 4.79 Å². The van der Waals surface area contributed by atoms with Gasteiger partial charge in [-0.05, 0) is 79.0 Å². The molecule has 4 atom stereocenters. The van der Waals surface area contributed by atoms with E-state index >= 15 is 0 Å². The van der Waals surface area contributed by atoms with Gasteiger partial charge in [-0.3, -0.25) is 9.69 Å². The number of fused-ring (bicyclic) bond motifs is 1.